The minimum atomic E-state index is -1.12. The van der Waals surface area contributed by atoms with Gasteiger partial charge in [-0.2, -0.15) is 0 Å². The fourth-order valence-electron chi connectivity index (χ4n) is 0.893. The van der Waals surface area contributed by atoms with Crippen LogP contribution in [-0.4, -0.2) is 52.6 Å². The van der Waals surface area contributed by atoms with E-state index in [4.69, 9.17) is 0 Å². The highest BCUT2D eigenvalue weighted by Crippen LogP contribution is 2.11. The molecule has 0 aliphatic rings. The lowest BCUT2D eigenvalue weighted by atomic mass is 10.6. The lowest BCUT2D eigenvalue weighted by Gasteiger charge is -2.07. The van der Waals surface area contributed by atoms with Crippen molar-refractivity contribution in [2.45, 2.75) is 11.7 Å². The van der Waals surface area contributed by atoms with E-state index in [9.17, 15) is 9.90 Å². The van der Waals surface area contributed by atoms with Gasteiger partial charge in [0.25, 0.3) is 0 Å². The second-order valence-corrected chi connectivity index (χ2v) is 4.24. The largest absolute Gasteiger partial charge is 0.549 e. The topological polar surface area (TPSA) is 88.2 Å². The Hall–Kier alpha value is -1.15. The summed E-state index contributed by atoms with van der Waals surface area (Å²) in [5, 5.41) is 21.8. The van der Waals surface area contributed by atoms with E-state index in [1.165, 1.54) is 4.90 Å². The molecule has 1 N–H and O–H groups in total. The van der Waals surface area contributed by atoms with Crippen molar-refractivity contribution in [1.82, 2.24) is 20.2 Å². The van der Waals surface area contributed by atoms with Crippen LogP contribution < -0.4 is 10.0 Å². The van der Waals surface area contributed by atoms with E-state index in [1.54, 1.807) is 4.68 Å². The minimum Gasteiger partial charge on any atom is -0.549 e. The van der Waals surface area contributed by atoms with Crippen LogP contribution >= 0.6 is 11.8 Å². The maximum absolute atomic E-state index is 10.3. The summed E-state index contributed by atoms with van der Waals surface area (Å²) in [5.41, 5.74) is 0. The van der Waals surface area contributed by atoms with Crippen LogP contribution in [0.4, 0.5) is 0 Å². The molecule has 1 aromatic heterocycles. The summed E-state index contributed by atoms with van der Waals surface area (Å²) in [5.74, 6) is -1.25. The Morgan fingerprint density at radius 3 is 2.93 bits per heavy atom. The smallest absolute Gasteiger partial charge is 0.209 e. The van der Waals surface area contributed by atoms with Crippen molar-refractivity contribution >= 4 is 17.7 Å². The standard InChI is InChI=1S/C7H13N5O2S/c1-11(2)3-4-12-7(8-9-10-12)15-5-6(13)14/h3-5H2,1-2H3,(H,13,14). The zero-order chi connectivity index (χ0) is 11.3. The number of carbonyl (C=O) groups is 1. The monoisotopic (exact) mass is 231 g/mol. The lowest BCUT2D eigenvalue weighted by Crippen LogP contribution is -3.06. The summed E-state index contributed by atoms with van der Waals surface area (Å²) in [7, 11) is 4.05. The summed E-state index contributed by atoms with van der Waals surface area (Å²) in [6.07, 6.45) is 0. The van der Waals surface area contributed by atoms with E-state index < -0.39 is 5.97 Å². The number of aliphatic carboxylic acids is 1. The van der Waals surface area contributed by atoms with Gasteiger partial charge in [0.05, 0.1) is 33.2 Å². The second kappa shape index (κ2) is 5.66. The summed E-state index contributed by atoms with van der Waals surface area (Å²) in [6, 6.07) is 0. The number of rotatable bonds is 6. The molecule has 0 fully saturated rings. The summed E-state index contributed by atoms with van der Waals surface area (Å²) in [6.45, 7) is 1.55. The number of carboxylic acids is 1. The van der Waals surface area contributed by atoms with Gasteiger partial charge < -0.3 is 14.8 Å². The van der Waals surface area contributed by atoms with Crippen molar-refractivity contribution in [2.24, 2.45) is 0 Å². The van der Waals surface area contributed by atoms with Crippen LogP contribution in [0.5, 0.6) is 0 Å². The molecular weight excluding hydrogens is 218 g/mol. The van der Waals surface area contributed by atoms with Crippen LogP contribution in [-0.2, 0) is 11.3 Å². The van der Waals surface area contributed by atoms with E-state index in [0.29, 0.717) is 11.7 Å². The first-order valence-corrected chi connectivity index (χ1v) is 5.46. The molecule has 0 spiro atoms. The molecule has 0 saturated carbocycles. The van der Waals surface area contributed by atoms with Gasteiger partial charge in [-0.3, -0.25) is 0 Å². The van der Waals surface area contributed by atoms with Crippen molar-refractivity contribution < 1.29 is 14.8 Å². The molecule has 0 saturated heterocycles. The van der Waals surface area contributed by atoms with Crippen LogP contribution in [0.3, 0.4) is 0 Å². The van der Waals surface area contributed by atoms with Gasteiger partial charge in [0, 0.05) is 5.75 Å². The van der Waals surface area contributed by atoms with Crippen LogP contribution in [0, 0.1) is 0 Å². The maximum Gasteiger partial charge on any atom is 0.209 e. The Labute approximate surface area is 91.4 Å². The van der Waals surface area contributed by atoms with E-state index in [2.05, 4.69) is 15.5 Å². The van der Waals surface area contributed by atoms with Crippen molar-refractivity contribution in [3.05, 3.63) is 0 Å². The number of tetrazole rings is 1. The molecule has 84 valence electrons. The maximum atomic E-state index is 10.3. The van der Waals surface area contributed by atoms with Crippen LogP contribution in [0.15, 0.2) is 5.16 Å². The molecule has 15 heavy (non-hydrogen) atoms. The second-order valence-electron chi connectivity index (χ2n) is 3.30. The average Bonchev–Trinajstić information content (AvgIpc) is 2.58. The SMILES string of the molecule is C[NH+](C)CCn1nnnc1SCC(=O)[O-]. The first-order chi connectivity index (χ1) is 7.09. The molecule has 0 aliphatic heterocycles. The molecule has 1 heterocycles. The van der Waals surface area contributed by atoms with E-state index in [0.717, 1.165) is 18.3 Å². The van der Waals surface area contributed by atoms with Gasteiger partial charge >= 0.3 is 0 Å². The Morgan fingerprint density at radius 2 is 2.33 bits per heavy atom. The summed E-state index contributed by atoms with van der Waals surface area (Å²) < 4.78 is 1.60. The van der Waals surface area contributed by atoms with Crippen molar-refractivity contribution in [1.29, 1.82) is 0 Å². The molecule has 0 amide bonds. The van der Waals surface area contributed by atoms with Crippen LogP contribution in [0.1, 0.15) is 0 Å². The number of hydrogen-bond acceptors (Lipinski definition) is 6. The molecule has 0 aromatic carbocycles. The molecule has 0 unspecified atom stereocenters. The minimum absolute atomic E-state index is 0.130. The first-order valence-electron chi connectivity index (χ1n) is 4.47. The third-order valence-corrected chi connectivity index (χ3v) is 2.57. The third-order valence-electron chi connectivity index (χ3n) is 1.64. The van der Waals surface area contributed by atoms with Gasteiger partial charge in [0.1, 0.15) is 0 Å². The van der Waals surface area contributed by atoms with Crippen molar-refractivity contribution in [3.8, 4) is 0 Å². The summed E-state index contributed by atoms with van der Waals surface area (Å²) in [4.78, 5) is 11.5. The Morgan fingerprint density at radius 1 is 1.60 bits per heavy atom. The number of carbonyl (C=O) groups excluding carboxylic acids is 1. The highest BCUT2D eigenvalue weighted by Gasteiger charge is 2.07. The number of nitrogens with one attached hydrogen (secondary N) is 1. The van der Waals surface area contributed by atoms with Crippen molar-refractivity contribution in [2.75, 3.05) is 26.4 Å². The number of likely N-dealkylation sites (N-methyl/N-ethyl adjacent to an activating group) is 1. The zero-order valence-corrected chi connectivity index (χ0v) is 9.45. The highest BCUT2D eigenvalue weighted by molar-refractivity contribution is 7.99. The third kappa shape index (κ3) is 4.26. The summed E-state index contributed by atoms with van der Waals surface area (Å²) >= 11 is 1.07. The van der Waals surface area contributed by atoms with Gasteiger partial charge in [0.2, 0.25) is 5.16 Å². The van der Waals surface area contributed by atoms with Gasteiger partial charge in [0.15, 0.2) is 0 Å². The molecule has 0 aliphatic carbocycles. The Bertz CT molecular complexity index is 327. The predicted octanol–water partition coefficient (Wildman–Crippen LogP) is -3.34. The molecule has 1 rings (SSSR count). The molecule has 0 radical (unpaired) electrons. The fraction of sp³-hybridized carbons (Fsp3) is 0.714. The normalized spacial score (nSPS) is 10.9. The number of hydrogen-bond donors (Lipinski definition) is 1. The molecule has 8 heteroatoms. The Balaban J connectivity index is 2.49. The van der Waals surface area contributed by atoms with Gasteiger partial charge in [-0.1, -0.05) is 11.8 Å². The molecular formula is C7H13N5O2S. The van der Waals surface area contributed by atoms with E-state index in [-0.39, 0.29) is 5.75 Å². The zero-order valence-electron chi connectivity index (χ0n) is 8.63. The average molecular weight is 231 g/mol. The Kier molecular flexibility index (Phi) is 4.50. The van der Waals surface area contributed by atoms with Crippen LogP contribution in [0.25, 0.3) is 0 Å². The van der Waals surface area contributed by atoms with Crippen molar-refractivity contribution in [3.63, 3.8) is 0 Å². The highest BCUT2D eigenvalue weighted by atomic mass is 32.2. The number of carboxylic acid groups (broad SMARTS) is 1. The first kappa shape index (κ1) is 11.9. The lowest BCUT2D eigenvalue weighted by molar-refractivity contribution is -0.859. The quantitative estimate of drug-likeness (QED) is 0.515. The number of thioether (sulfide) groups is 1. The number of nitrogens with zero attached hydrogens (tertiary/aromatic N) is 4. The predicted molar refractivity (Wildman–Crippen MR) is 51.2 cm³/mol. The van der Waals surface area contributed by atoms with E-state index >= 15 is 0 Å². The number of aromatic nitrogens is 4. The molecule has 1 aromatic rings. The van der Waals surface area contributed by atoms with E-state index in [1.807, 2.05) is 14.1 Å². The molecule has 7 nitrogen and oxygen atoms in total. The van der Waals surface area contributed by atoms with Gasteiger partial charge in [-0.15, -0.1) is 5.10 Å². The fourth-order valence-corrected chi connectivity index (χ4v) is 1.51. The van der Waals surface area contributed by atoms with Gasteiger partial charge in [-0.05, 0) is 10.4 Å². The molecule has 0 atom stereocenters. The van der Waals surface area contributed by atoms with Gasteiger partial charge in [-0.25, -0.2) is 4.68 Å². The number of quaternary nitrogens is 1. The van der Waals surface area contributed by atoms with Crippen LogP contribution in [0.2, 0.25) is 0 Å². The molecule has 0 bridgehead atoms.